The third-order valence-corrected chi connectivity index (χ3v) is 0.940. The summed E-state index contributed by atoms with van der Waals surface area (Å²) >= 11 is 0. The molecular formula is C6H7F3O. The molecule has 0 fully saturated rings. The predicted molar refractivity (Wildman–Crippen MR) is 30.1 cm³/mol. The zero-order valence-electron chi connectivity index (χ0n) is 5.15. The lowest BCUT2D eigenvalue weighted by molar-refractivity contribution is -0.204. The molecule has 10 heavy (non-hydrogen) atoms. The Labute approximate surface area is 56.9 Å². The van der Waals surface area contributed by atoms with Crippen LogP contribution >= 0.6 is 0 Å². The molecule has 0 spiro atoms. The van der Waals surface area contributed by atoms with Crippen LogP contribution in [0.15, 0.2) is 0 Å². The molecule has 0 rings (SSSR count). The molecule has 1 unspecified atom stereocenters. The van der Waals surface area contributed by atoms with Crippen LogP contribution in [0.25, 0.3) is 0 Å². The first kappa shape index (κ1) is 9.31. The van der Waals surface area contributed by atoms with Gasteiger partial charge in [0.05, 0.1) is 0 Å². The number of hydrogen-bond donors (Lipinski definition) is 1. The van der Waals surface area contributed by atoms with Crippen LogP contribution in [0.1, 0.15) is 12.8 Å². The van der Waals surface area contributed by atoms with Gasteiger partial charge in [-0.15, -0.1) is 12.3 Å². The van der Waals surface area contributed by atoms with E-state index in [0.717, 1.165) is 0 Å². The summed E-state index contributed by atoms with van der Waals surface area (Å²) in [5, 5.41) is 8.30. The van der Waals surface area contributed by atoms with Gasteiger partial charge in [-0.25, -0.2) is 0 Å². The molecule has 0 aliphatic carbocycles. The SMILES string of the molecule is C#CCCC(O)C(F)(F)F. The summed E-state index contributed by atoms with van der Waals surface area (Å²) in [6.07, 6.45) is -2.59. The summed E-state index contributed by atoms with van der Waals surface area (Å²) in [6, 6.07) is 0. The molecule has 0 aromatic heterocycles. The molecule has 0 bridgehead atoms. The zero-order chi connectivity index (χ0) is 8.20. The third-order valence-electron chi connectivity index (χ3n) is 0.940. The number of aliphatic hydroxyl groups excluding tert-OH is 1. The summed E-state index contributed by atoms with van der Waals surface area (Å²) in [5.41, 5.74) is 0. The van der Waals surface area contributed by atoms with Crippen LogP contribution < -0.4 is 0 Å². The molecule has 58 valence electrons. The quantitative estimate of drug-likeness (QED) is 0.591. The van der Waals surface area contributed by atoms with Crippen molar-refractivity contribution in [3.8, 4) is 12.3 Å². The van der Waals surface area contributed by atoms with E-state index in [1.807, 2.05) is 5.92 Å². The van der Waals surface area contributed by atoms with Crippen LogP contribution in [0.2, 0.25) is 0 Å². The van der Waals surface area contributed by atoms with Gasteiger partial charge < -0.3 is 5.11 Å². The first-order valence-corrected chi connectivity index (χ1v) is 2.66. The molecule has 4 heteroatoms. The van der Waals surface area contributed by atoms with Gasteiger partial charge in [0.15, 0.2) is 6.10 Å². The molecule has 0 saturated carbocycles. The second-order valence-electron chi connectivity index (χ2n) is 1.80. The van der Waals surface area contributed by atoms with E-state index >= 15 is 0 Å². The first-order valence-electron chi connectivity index (χ1n) is 2.66. The zero-order valence-corrected chi connectivity index (χ0v) is 5.15. The van der Waals surface area contributed by atoms with Gasteiger partial charge in [0, 0.05) is 6.42 Å². The number of terminal acetylenes is 1. The summed E-state index contributed by atoms with van der Waals surface area (Å²) in [7, 11) is 0. The minimum absolute atomic E-state index is 0.0549. The van der Waals surface area contributed by atoms with Gasteiger partial charge >= 0.3 is 6.18 Å². The Bertz CT molecular complexity index is 133. The summed E-state index contributed by atoms with van der Waals surface area (Å²) in [6.45, 7) is 0. The molecule has 0 radical (unpaired) electrons. The smallest absolute Gasteiger partial charge is 0.384 e. The molecular weight excluding hydrogens is 145 g/mol. The van der Waals surface area contributed by atoms with Crippen LogP contribution in [-0.4, -0.2) is 17.4 Å². The minimum Gasteiger partial charge on any atom is -0.384 e. The molecule has 0 saturated heterocycles. The Morgan fingerprint density at radius 2 is 2.00 bits per heavy atom. The lowest BCUT2D eigenvalue weighted by Gasteiger charge is -2.11. The Morgan fingerprint density at radius 1 is 1.50 bits per heavy atom. The largest absolute Gasteiger partial charge is 0.414 e. The van der Waals surface area contributed by atoms with E-state index in [4.69, 9.17) is 11.5 Å². The lowest BCUT2D eigenvalue weighted by atomic mass is 10.2. The summed E-state index contributed by atoms with van der Waals surface area (Å²) in [4.78, 5) is 0. The molecule has 0 heterocycles. The van der Waals surface area contributed by atoms with Gasteiger partial charge in [-0.1, -0.05) is 0 Å². The Hall–Kier alpha value is -0.690. The highest BCUT2D eigenvalue weighted by Gasteiger charge is 2.37. The van der Waals surface area contributed by atoms with E-state index in [1.54, 1.807) is 0 Å². The average molecular weight is 152 g/mol. The molecule has 1 nitrogen and oxygen atoms in total. The van der Waals surface area contributed by atoms with Crippen molar-refractivity contribution in [2.75, 3.05) is 0 Å². The highest BCUT2D eigenvalue weighted by molar-refractivity contribution is 4.85. The molecule has 1 atom stereocenters. The molecule has 0 aliphatic rings. The van der Waals surface area contributed by atoms with E-state index in [-0.39, 0.29) is 6.42 Å². The maximum Gasteiger partial charge on any atom is 0.414 e. The lowest BCUT2D eigenvalue weighted by Crippen LogP contribution is -2.27. The van der Waals surface area contributed by atoms with Crippen LogP contribution in [0.5, 0.6) is 0 Å². The monoisotopic (exact) mass is 152 g/mol. The number of halogens is 3. The van der Waals surface area contributed by atoms with E-state index in [1.165, 1.54) is 0 Å². The van der Waals surface area contributed by atoms with Crippen molar-refractivity contribution in [3.05, 3.63) is 0 Å². The van der Waals surface area contributed by atoms with Crippen molar-refractivity contribution in [2.45, 2.75) is 25.1 Å². The Balaban J connectivity index is 3.65. The second-order valence-corrected chi connectivity index (χ2v) is 1.80. The van der Waals surface area contributed by atoms with E-state index < -0.39 is 18.7 Å². The van der Waals surface area contributed by atoms with Gasteiger partial charge in [-0.2, -0.15) is 13.2 Å². The maximum atomic E-state index is 11.5. The minimum atomic E-state index is -4.53. The van der Waals surface area contributed by atoms with Crippen molar-refractivity contribution in [3.63, 3.8) is 0 Å². The fraction of sp³-hybridized carbons (Fsp3) is 0.667. The molecule has 0 aromatic rings. The molecule has 1 N–H and O–H groups in total. The normalized spacial score (nSPS) is 14.3. The fourth-order valence-corrected chi connectivity index (χ4v) is 0.384. The summed E-state index contributed by atoms with van der Waals surface area (Å²) in [5.74, 6) is 2.01. The van der Waals surface area contributed by atoms with Gasteiger partial charge in [0.2, 0.25) is 0 Å². The number of hydrogen-bond acceptors (Lipinski definition) is 1. The van der Waals surface area contributed by atoms with Crippen LogP contribution in [-0.2, 0) is 0 Å². The van der Waals surface area contributed by atoms with Crippen molar-refractivity contribution in [1.82, 2.24) is 0 Å². The Morgan fingerprint density at radius 3 is 2.30 bits per heavy atom. The highest BCUT2D eigenvalue weighted by atomic mass is 19.4. The number of aliphatic hydroxyl groups is 1. The third kappa shape index (κ3) is 3.36. The van der Waals surface area contributed by atoms with Crippen LogP contribution in [0.3, 0.4) is 0 Å². The van der Waals surface area contributed by atoms with E-state index in [0.29, 0.717) is 0 Å². The van der Waals surface area contributed by atoms with Gasteiger partial charge in [0.1, 0.15) is 0 Å². The predicted octanol–water partition coefficient (Wildman–Crippen LogP) is 1.32. The first-order chi connectivity index (χ1) is 4.48. The van der Waals surface area contributed by atoms with Crippen molar-refractivity contribution in [1.29, 1.82) is 0 Å². The molecule has 0 amide bonds. The van der Waals surface area contributed by atoms with Crippen molar-refractivity contribution in [2.24, 2.45) is 0 Å². The Kier molecular flexibility index (Phi) is 3.23. The van der Waals surface area contributed by atoms with Gasteiger partial charge in [-0.3, -0.25) is 0 Å². The maximum absolute atomic E-state index is 11.5. The number of rotatable bonds is 2. The number of alkyl halides is 3. The van der Waals surface area contributed by atoms with Crippen molar-refractivity contribution >= 4 is 0 Å². The van der Waals surface area contributed by atoms with E-state index in [2.05, 4.69) is 0 Å². The van der Waals surface area contributed by atoms with Gasteiger partial charge in [0.25, 0.3) is 0 Å². The van der Waals surface area contributed by atoms with Crippen LogP contribution in [0, 0.1) is 12.3 Å². The van der Waals surface area contributed by atoms with Crippen LogP contribution in [0.4, 0.5) is 13.2 Å². The topological polar surface area (TPSA) is 20.2 Å². The molecule has 0 aliphatic heterocycles. The highest BCUT2D eigenvalue weighted by Crippen LogP contribution is 2.22. The standard InChI is InChI=1S/C6H7F3O/c1-2-3-4-5(10)6(7,8)9/h1,5,10H,3-4H2. The van der Waals surface area contributed by atoms with Crippen molar-refractivity contribution < 1.29 is 18.3 Å². The van der Waals surface area contributed by atoms with Gasteiger partial charge in [-0.05, 0) is 6.42 Å². The summed E-state index contributed by atoms with van der Waals surface area (Å²) < 4.78 is 34.4. The second kappa shape index (κ2) is 3.47. The fourth-order valence-electron chi connectivity index (χ4n) is 0.384. The van der Waals surface area contributed by atoms with E-state index in [9.17, 15) is 13.2 Å². The molecule has 0 aromatic carbocycles. The average Bonchev–Trinajstić information content (AvgIpc) is 1.80.